The number of sulfone groups is 1. The van der Waals surface area contributed by atoms with E-state index in [9.17, 15) is 27.1 Å². The van der Waals surface area contributed by atoms with Crippen molar-refractivity contribution >= 4 is 9.84 Å². The van der Waals surface area contributed by atoms with E-state index in [4.69, 9.17) is 0 Å². The fourth-order valence-electron chi connectivity index (χ4n) is 4.63. The lowest BCUT2D eigenvalue weighted by molar-refractivity contribution is 0.358. The molecule has 0 aliphatic rings. The molecule has 7 nitrogen and oxygen atoms in total. The lowest BCUT2D eigenvalue weighted by atomic mass is 10.0. The largest absolute Gasteiger partial charge is 0.493 e. The van der Waals surface area contributed by atoms with Crippen LogP contribution in [-0.4, -0.2) is 28.1 Å². The molecule has 0 saturated heterocycles. The lowest BCUT2D eigenvalue weighted by Crippen LogP contribution is -2.27. The lowest BCUT2D eigenvalue weighted by Gasteiger charge is -2.25. The van der Waals surface area contributed by atoms with Crippen molar-refractivity contribution in [2.75, 3.05) is 0 Å². The number of halogens is 2. The van der Waals surface area contributed by atoms with Crippen molar-refractivity contribution in [3.8, 4) is 17.0 Å². The first-order valence-corrected chi connectivity index (χ1v) is 14.1. The van der Waals surface area contributed by atoms with Crippen LogP contribution in [-0.2, 0) is 16.3 Å². The number of aryl methyl sites for hydroxylation is 1. The molecule has 0 bridgehead atoms. The van der Waals surface area contributed by atoms with E-state index in [0.29, 0.717) is 41.5 Å². The average Bonchev–Trinajstić information content (AvgIpc) is 2.91. The van der Waals surface area contributed by atoms with E-state index < -0.39 is 44.0 Å². The van der Waals surface area contributed by atoms with Gasteiger partial charge in [0.1, 0.15) is 11.6 Å². The zero-order chi connectivity index (χ0) is 28.3. The Morgan fingerprint density at radius 3 is 2.28 bits per heavy atom. The molecule has 1 atom stereocenters. The molecule has 0 amide bonds. The van der Waals surface area contributed by atoms with Crippen LogP contribution in [0.15, 0.2) is 75.4 Å². The molecule has 0 saturated carbocycles. The Morgan fingerprint density at radius 2 is 1.67 bits per heavy atom. The number of rotatable bonds is 9. The van der Waals surface area contributed by atoms with Gasteiger partial charge in [0.25, 0.3) is 5.56 Å². The van der Waals surface area contributed by atoms with Crippen molar-refractivity contribution in [3.63, 3.8) is 0 Å². The highest BCUT2D eigenvalue weighted by Crippen LogP contribution is 2.34. The van der Waals surface area contributed by atoms with Crippen molar-refractivity contribution in [2.24, 2.45) is 0 Å². The summed E-state index contributed by atoms with van der Waals surface area (Å²) in [5.41, 5.74) is 0.991. The van der Waals surface area contributed by atoms with Crippen LogP contribution in [0.3, 0.4) is 0 Å². The first-order valence-electron chi connectivity index (χ1n) is 12.7. The minimum absolute atomic E-state index is 0.227. The Labute approximate surface area is 225 Å². The number of unbranched alkanes of at least 4 members (excludes halogenated alkanes) is 1. The minimum Gasteiger partial charge on any atom is -0.493 e. The monoisotopic (exact) mass is 553 g/mol. The SMILES string of the molecule is CCCCc1nc(=O)c(S(=O)(=O)c2ccc(-c3ccnc(F)c3C)cc2)c(O)n1[C@@H](CC)c1ccc(F)cc1. The standard InChI is InChI=1S/C29H29F2N3O4S/c1-4-6-7-25-33-28(35)26(29(36)34(25)24(5-2)20-8-12-21(30)13-9-20)39(37,38)22-14-10-19(11-15-22)23-16-17-32-27(31)18(23)3/h8-17,24,36H,4-7H2,1-3H3/t24-/m0/s1. The van der Waals surface area contributed by atoms with E-state index >= 15 is 0 Å². The molecule has 4 aromatic rings. The zero-order valence-corrected chi connectivity index (χ0v) is 22.7. The quantitative estimate of drug-likeness (QED) is 0.264. The van der Waals surface area contributed by atoms with Gasteiger partial charge in [-0.05, 0) is 66.8 Å². The molecular weight excluding hydrogens is 524 g/mol. The molecule has 10 heteroatoms. The fraction of sp³-hybridized carbons (Fsp3) is 0.276. The molecule has 4 rings (SSSR count). The Morgan fingerprint density at radius 1 is 1.00 bits per heavy atom. The van der Waals surface area contributed by atoms with Gasteiger partial charge in [-0.3, -0.25) is 9.36 Å². The van der Waals surface area contributed by atoms with Gasteiger partial charge >= 0.3 is 0 Å². The molecule has 2 aromatic carbocycles. The van der Waals surface area contributed by atoms with Crippen LogP contribution >= 0.6 is 0 Å². The fourth-order valence-corrected chi connectivity index (χ4v) is 5.97. The molecule has 2 aromatic heterocycles. The van der Waals surface area contributed by atoms with E-state index in [1.807, 2.05) is 13.8 Å². The highest BCUT2D eigenvalue weighted by Gasteiger charge is 2.32. The molecule has 204 valence electrons. The van der Waals surface area contributed by atoms with Crippen LogP contribution < -0.4 is 5.56 Å². The van der Waals surface area contributed by atoms with Gasteiger partial charge in [-0.25, -0.2) is 17.8 Å². The maximum atomic E-state index is 13.9. The van der Waals surface area contributed by atoms with Gasteiger partial charge in [-0.2, -0.15) is 9.37 Å². The minimum atomic E-state index is -4.50. The summed E-state index contributed by atoms with van der Waals surface area (Å²) in [4.78, 5) is 19.8. The molecule has 0 aliphatic carbocycles. The van der Waals surface area contributed by atoms with Gasteiger partial charge in [0.05, 0.1) is 10.9 Å². The second-order valence-corrected chi connectivity index (χ2v) is 11.1. The van der Waals surface area contributed by atoms with Gasteiger partial charge in [0.15, 0.2) is 4.90 Å². The predicted molar refractivity (Wildman–Crippen MR) is 143 cm³/mol. The summed E-state index contributed by atoms with van der Waals surface area (Å²) in [6.45, 7) is 5.37. The van der Waals surface area contributed by atoms with Crippen LogP contribution in [0, 0.1) is 18.7 Å². The Bertz CT molecular complexity index is 1650. The van der Waals surface area contributed by atoms with Gasteiger partial charge in [0.2, 0.25) is 21.7 Å². The van der Waals surface area contributed by atoms with Gasteiger partial charge in [0, 0.05) is 18.2 Å². The van der Waals surface area contributed by atoms with Gasteiger partial charge < -0.3 is 5.11 Å². The van der Waals surface area contributed by atoms with Crippen molar-refractivity contribution in [2.45, 2.75) is 62.3 Å². The molecule has 0 aliphatic heterocycles. The summed E-state index contributed by atoms with van der Waals surface area (Å²) >= 11 is 0. The second-order valence-electron chi connectivity index (χ2n) is 9.24. The first-order chi connectivity index (χ1) is 18.6. The normalized spacial score (nSPS) is 12.4. The number of nitrogens with zero attached hydrogens (tertiary/aromatic N) is 3. The molecule has 0 spiro atoms. The molecular formula is C29H29F2N3O4S. The van der Waals surface area contributed by atoms with E-state index in [0.717, 1.165) is 6.42 Å². The van der Waals surface area contributed by atoms with Gasteiger partial charge in [-0.15, -0.1) is 0 Å². The van der Waals surface area contributed by atoms with Crippen molar-refractivity contribution < 1.29 is 22.3 Å². The molecule has 39 heavy (non-hydrogen) atoms. The predicted octanol–water partition coefficient (Wildman–Crippen LogP) is 5.77. The summed E-state index contributed by atoms with van der Waals surface area (Å²) in [5, 5.41) is 11.4. The third-order valence-corrected chi connectivity index (χ3v) is 8.52. The third-order valence-electron chi connectivity index (χ3n) is 6.73. The molecule has 0 radical (unpaired) electrons. The molecule has 0 unspecified atom stereocenters. The first kappa shape index (κ1) is 28.1. The van der Waals surface area contributed by atoms with E-state index in [-0.39, 0.29) is 10.7 Å². The number of hydrogen-bond acceptors (Lipinski definition) is 6. The van der Waals surface area contributed by atoms with Crippen LogP contribution in [0.4, 0.5) is 8.78 Å². The third kappa shape index (κ3) is 5.47. The summed E-state index contributed by atoms with van der Waals surface area (Å²) < 4.78 is 56.3. The highest BCUT2D eigenvalue weighted by molar-refractivity contribution is 7.91. The number of hydrogen-bond donors (Lipinski definition) is 1. The number of aromatic hydroxyl groups is 1. The molecule has 1 N–H and O–H groups in total. The Kier molecular flexibility index (Phi) is 8.25. The zero-order valence-electron chi connectivity index (χ0n) is 21.9. The van der Waals surface area contributed by atoms with Crippen LogP contribution in [0.5, 0.6) is 5.88 Å². The van der Waals surface area contributed by atoms with E-state index in [1.54, 1.807) is 25.1 Å². The van der Waals surface area contributed by atoms with Crippen molar-refractivity contribution in [3.05, 3.63) is 99.9 Å². The van der Waals surface area contributed by atoms with Crippen LogP contribution in [0.2, 0.25) is 0 Å². The summed E-state index contributed by atoms with van der Waals surface area (Å²) in [5.74, 6) is -1.53. The van der Waals surface area contributed by atoms with E-state index in [1.165, 1.54) is 47.2 Å². The smallest absolute Gasteiger partial charge is 0.296 e. The van der Waals surface area contributed by atoms with Crippen molar-refractivity contribution in [1.29, 1.82) is 0 Å². The summed E-state index contributed by atoms with van der Waals surface area (Å²) in [6.07, 6.45) is 3.53. The topological polar surface area (TPSA) is 102 Å². The molecule has 0 fully saturated rings. The maximum Gasteiger partial charge on any atom is 0.296 e. The Balaban J connectivity index is 1.86. The van der Waals surface area contributed by atoms with Crippen LogP contribution in [0.1, 0.15) is 56.1 Å². The van der Waals surface area contributed by atoms with Crippen LogP contribution in [0.25, 0.3) is 11.1 Å². The molecule has 2 heterocycles. The van der Waals surface area contributed by atoms with Crippen molar-refractivity contribution in [1.82, 2.24) is 14.5 Å². The number of pyridine rings is 1. The highest BCUT2D eigenvalue weighted by atomic mass is 32.2. The Hall–Kier alpha value is -3.92. The summed E-state index contributed by atoms with van der Waals surface area (Å²) in [7, 11) is -4.50. The second kappa shape index (κ2) is 11.4. The average molecular weight is 554 g/mol. The van der Waals surface area contributed by atoms with E-state index in [2.05, 4.69) is 9.97 Å². The summed E-state index contributed by atoms with van der Waals surface area (Å²) in [6, 6.07) is 12.3. The van der Waals surface area contributed by atoms with Gasteiger partial charge in [-0.1, -0.05) is 44.5 Å². The maximum absolute atomic E-state index is 13.9. The number of benzene rings is 2. The number of aromatic nitrogens is 3.